The number of carbonyl (C=O) groups excluding carboxylic acids is 2. The maximum Gasteiger partial charge on any atom is 0.316 e. The summed E-state index contributed by atoms with van der Waals surface area (Å²) in [6, 6.07) is 5.86. The molecule has 1 heterocycles. The summed E-state index contributed by atoms with van der Waals surface area (Å²) in [7, 11) is 1.43. The van der Waals surface area contributed by atoms with Crippen molar-refractivity contribution in [2.24, 2.45) is 0 Å². The molecule has 2 aliphatic rings. The third-order valence-electron chi connectivity index (χ3n) is 3.88. The van der Waals surface area contributed by atoms with Crippen LogP contribution in [0.5, 0.6) is 0 Å². The Kier molecular flexibility index (Phi) is 2.40. The van der Waals surface area contributed by atoms with Gasteiger partial charge in [-0.3, -0.25) is 9.59 Å². The van der Waals surface area contributed by atoms with Gasteiger partial charge in [0.15, 0.2) is 0 Å². The molecule has 1 amide bonds. The van der Waals surface area contributed by atoms with E-state index >= 15 is 0 Å². The van der Waals surface area contributed by atoms with Crippen LogP contribution in [0.1, 0.15) is 30.4 Å². The largest absolute Gasteiger partial charge is 0.468 e. The lowest BCUT2D eigenvalue weighted by Gasteiger charge is -2.20. The van der Waals surface area contributed by atoms with Crippen LogP contribution < -0.4 is 5.32 Å². The van der Waals surface area contributed by atoms with Crippen LogP contribution in [-0.2, 0) is 26.2 Å². The van der Waals surface area contributed by atoms with Gasteiger partial charge in [0.1, 0.15) is 0 Å². The molecule has 94 valence electrons. The smallest absolute Gasteiger partial charge is 0.316 e. The standard InChI is InChI=1S/C14H15NO3/c1-18-13(17)14(6-7-14)10-3-4-11-9(8-10)2-5-12(16)15-11/h3-4,8H,2,5-7H2,1H3,(H,15,16). The molecule has 0 spiro atoms. The summed E-state index contributed by atoms with van der Waals surface area (Å²) in [5.41, 5.74) is 2.58. The zero-order chi connectivity index (χ0) is 12.8. The van der Waals surface area contributed by atoms with E-state index in [1.54, 1.807) is 0 Å². The Bertz CT molecular complexity index is 532. The van der Waals surface area contributed by atoms with E-state index in [-0.39, 0.29) is 11.9 Å². The molecular formula is C14H15NO3. The van der Waals surface area contributed by atoms with Gasteiger partial charge in [0.25, 0.3) is 0 Å². The average Bonchev–Trinajstić information content (AvgIpc) is 3.18. The van der Waals surface area contributed by atoms with Gasteiger partial charge in [-0.1, -0.05) is 12.1 Å². The second kappa shape index (κ2) is 3.83. The van der Waals surface area contributed by atoms with Crippen LogP contribution in [0.15, 0.2) is 18.2 Å². The molecular weight excluding hydrogens is 230 g/mol. The highest BCUT2D eigenvalue weighted by atomic mass is 16.5. The first-order valence-corrected chi connectivity index (χ1v) is 6.17. The van der Waals surface area contributed by atoms with Gasteiger partial charge in [-0.05, 0) is 36.5 Å². The summed E-state index contributed by atoms with van der Waals surface area (Å²) in [6.07, 6.45) is 2.96. The summed E-state index contributed by atoms with van der Waals surface area (Å²) in [5.74, 6) is -0.0911. The number of ether oxygens (including phenoxy) is 1. The number of carbonyl (C=O) groups is 2. The summed E-state index contributed by atoms with van der Waals surface area (Å²) < 4.78 is 4.88. The SMILES string of the molecule is COC(=O)C1(c2ccc3c(c2)CCC(=O)N3)CC1. The Labute approximate surface area is 105 Å². The topological polar surface area (TPSA) is 55.4 Å². The third-order valence-corrected chi connectivity index (χ3v) is 3.88. The second-order valence-electron chi connectivity index (χ2n) is 4.99. The van der Waals surface area contributed by atoms with Gasteiger partial charge in [0, 0.05) is 12.1 Å². The van der Waals surface area contributed by atoms with Crippen LogP contribution >= 0.6 is 0 Å². The van der Waals surface area contributed by atoms with E-state index in [1.807, 2.05) is 18.2 Å². The number of methoxy groups -OCH3 is 1. The van der Waals surface area contributed by atoms with Crippen LogP contribution in [0.3, 0.4) is 0 Å². The molecule has 1 aromatic rings. The van der Waals surface area contributed by atoms with Gasteiger partial charge in [0.05, 0.1) is 12.5 Å². The first-order chi connectivity index (χ1) is 8.65. The number of aryl methyl sites for hydroxylation is 1. The monoisotopic (exact) mass is 245 g/mol. The molecule has 1 N–H and O–H groups in total. The van der Waals surface area contributed by atoms with Crippen LogP contribution in [0.2, 0.25) is 0 Å². The molecule has 1 fully saturated rings. The van der Waals surface area contributed by atoms with Crippen molar-refractivity contribution in [2.75, 3.05) is 12.4 Å². The zero-order valence-electron chi connectivity index (χ0n) is 10.3. The molecule has 1 aliphatic heterocycles. The molecule has 0 bridgehead atoms. The molecule has 0 unspecified atom stereocenters. The van der Waals surface area contributed by atoms with Gasteiger partial charge >= 0.3 is 5.97 Å². The van der Waals surface area contributed by atoms with Crippen LogP contribution in [0, 0.1) is 0 Å². The van der Waals surface area contributed by atoms with Gasteiger partial charge < -0.3 is 10.1 Å². The van der Waals surface area contributed by atoms with E-state index in [0.29, 0.717) is 6.42 Å². The number of rotatable bonds is 2. The number of hydrogen-bond acceptors (Lipinski definition) is 3. The Balaban J connectivity index is 1.96. The molecule has 4 nitrogen and oxygen atoms in total. The average molecular weight is 245 g/mol. The summed E-state index contributed by atoms with van der Waals surface area (Å²) >= 11 is 0. The highest BCUT2D eigenvalue weighted by molar-refractivity contribution is 5.94. The van der Waals surface area contributed by atoms with Crippen molar-refractivity contribution in [3.63, 3.8) is 0 Å². The number of nitrogens with one attached hydrogen (secondary N) is 1. The minimum absolute atomic E-state index is 0.0596. The number of benzene rings is 1. The lowest BCUT2D eigenvalue weighted by Crippen LogP contribution is -2.23. The fourth-order valence-corrected chi connectivity index (χ4v) is 2.61. The highest BCUT2D eigenvalue weighted by Gasteiger charge is 2.52. The first-order valence-electron chi connectivity index (χ1n) is 6.17. The fourth-order valence-electron chi connectivity index (χ4n) is 2.61. The first kappa shape index (κ1) is 11.3. The van der Waals surface area contributed by atoms with E-state index in [1.165, 1.54) is 7.11 Å². The van der Waals surface area contributed by atoms with Crippen LogP contribution in [0.25, 0.3) is 0 Å². The van der Waals surface area contributed by atoms with Crippen molar-refractivity contribution in [3.05, 3.63) is 29.3 Å². The Morgan fingerprint density at radius 1 is 1.33 bits per heavy atom. The maximum absolute atomic E-state index is 11.8. The molecule has 4 heteroatoms. The fraction of sp³-hybridized carbons (Fsp3) is 0.429. The number of anilines is 1. The van der Waals surface area contributed by atoms with Crippen molar-refractivity contribution in [1.82, 2.24) is 0 Å². The van der Waals surface area contributed by atoms with Crippen molar-refractivity contribution >= 4 is 17.6 Å². The van der Waals surface area contributed by atoms with E-state index in [4.69, 9.17) is 4.74 Å². The van der Waals surface area contributed by atoms with Gasteiger partial charge in [-0.2, -0.15) is 0 Å². The van der Waals surface area contributed by atoms with E-state index in [9.17, 15) is 9.59 Å². The molecule has 1 aliphatic carbocycles. The van der Waals surface area contributed by atoms with E-state index < -0.39 is 5.41 Å². The Hall–Kier alpha value is -1.84. The van der Waals surface area contributed by atoms with Crippen LogP contribution in [-0.4, -0.2) is 19.0 Å². The van der Waals surface area contributed by atoms with Crippen molar-refractivity contribution in [1.29, 1.82) is 0 Å². The molecule has 18 heavy (non-hydrogen) atoms. The molecule has 0 aromatic heterocycles. The Morgan fingerprint density at radius 3 is 2.78 bits per heavy atom. The number of esters is 1. The molecule has 0 atom stereocenters. The minimum Gasteiger partial charge on any atom is -0.468 e. The second-order valence-corrected chi connectivity index (χ2v) is 4.99. The van der Waals surface area contributed by atoms with Gasteiger partial charge in [-0.25, -0.2) is 0 Å². The summed E-state index contributed by atoms with van der Waals surface area (Å²) in [5, 5.41) is 2.85. The maximum atomic E-state index is 11.8. The van der Waals surface area contributed by atoms with Gasteiger partial charge in [0.2, 0.25) is 5.91 Å². The van der Waals surface area contributed by atoms with Crippen molar-refractivity contribution in [3.8, 4) is 0 Å². The molecule has 1 saturated carbocycles. The summed E-state index contributed by atoms with van der Waals surface area (Å²) in [4.78, 5) is 23.1. The third kappa shape index (κ3) is 1.60. The normalized spacial score (nSPS) is 19.7. The summed E-state index contributed by atoms with van der Waals surface area (Å²) in [6.45, 7) is 0. The van der Waals surface area contributed by atoms with E-state index in [2.05, 4.69) is 5.32 Å². The predicted molar refractivity (Wildman–Crippen MR) is 66.3 cm³/mol. The lowest BCUT2D eigenvalue weighted by atomic mass is 9.91. The molecule has 3 rings (SSSR count). The zero-order valence-corrected chi connectivity index (χ0v) is 10.3. The number of hydrogen-bond donors (Lipinski definition) is 1. The quantitative estimate of drug-likeness (QED) is 0.808. The van der Waals surface area contributed by atoms with Crippen molar-refractivity contribution in [2.45, 2.75) is 31.1 Å². The molecule has 0 radical (unpaired) electrons. The molecule has 0 saturated heterocycles. The Morgan fingerprint density at radius 2 is 2.11 bits per heavy atom. The number of fused-ring (bicyclic) bond motifs is 1. The van der Waals surface area contributed by atoms with Crippen molar-refractivity contribution < 1.29 is 14.3 Å². The van der Waals surface area contributed by atoms with Crippen LogP contribution in [0.4, 0.5) is 5.69 Å². The minimum atomic E-state index is -0.425. The van der Waals surface area contributed by atoms with Gasteiger partial charge in [-0.15, -0.1) is 0 Å². The van der Waals surface area contributed by atoms with E-state index in [0.717, 1.165) is 36.1 Å². The number of amides is 1. The lowest BCUT2D eigenvalue weighted by molar-refractivity contribution is -0.143. The highest BCUT2D eigenvalue weighted by Crippen LogP contribution is 2.49. The molecule has 1 aromatic carbocycles. The predicted octanol–water partition coefficient (Wildman–Crippen LogP) is 1.78.